The van der Waals surface area contributed by atoms with E-state index in [0.29, 0.717) is 17.5 Å². The molecular formula is C58H37N5. The van der Waals surface area contributed by atoms with Gasteiger partial charge in [0.05, 0.1) is 22.2 Å². The summed E-state index contributed by atoms with van der Waals surface area (Å²) in [5.41, 5.74) is 13.7. The Morgan fingerprint density at radius 2 is 0.762 bits per heavy atom. The Hall–Kier alpha value is -8.54. The van der Waals surface area contributed by atoms with Gasteiger partial charge in [0.25, 0.3) is 0 Å². The lowest BCUT2D eigenvalue weighted by Gasteiger charge is -2.14. The van der Waals surface area contributed by atoms with Crippen molar-refractivity contribution in [1.82, 2.24) is 24.5 Å². The number of nitrogens with zero attached hydrogens (tertiary/aromatic N) is 5. The van der Waals surface area contributed by atoms with Crippen molar-refractivity contribution >= 4 is 43.5 Å². The molecule has 0 atom stereocenters. The maximum absolute atomic E-state index is 5.37. The number of rotatable bonds is 7. The predicted molar refractivity (Wildman–Crippen MR) is 260 cm³/mol. The molecule has 9 aromatic carbocycles. The van der Waals surface area contributed by atoms with Crippen molar-refractivity contribution in [2.24, 2.45) is 0 Å². The largest absolute Gasteiger partial charge is 0.309 e. The van der Waals surface area contributed by atoms with Crippen molar-refractivity contribution in [2.45, 2.75) is 0 Å². The maximum atomic E-state index is 5.37. The molecule has 294 valence electrons. The summed E-state index contributed by atoms with van der Waals surface area (Å²) in [4.78, 5) is 20.5. The standard InChI is InChI=1S/C58H37N5/c1-5-16-38(17-6-1)43-22-15-23-45(34-43)58-61-56(41-20-9-3-10-21-41)60-57(62-58)42-30-28-39(29-31-42)44-32-33-52-49(35-44)48-37-54-50(36-51(48)55(59-52)40-18-7-2-8-19-40)47-26-13-14-27-53(47)63(54)46-24-11-4-12-25-46/h1-37H. The first-order valence-electron chi connectivity index (χ1n) is 21.2. The summed E-state index contributed by atoms with van der Waals surface area (Å²) >= 11 is 0. The topological polar surface area (TPSA) is 56.5 Å². The van der Waals surface area contributed by atoms with E-state index in [4.69, 9.17) is 19.9 Å². The highest BCUT2D eigenvalue weighted by Gasteiger charge is 2.19. The molecule has 63 heavy (non-hydrogen) atoms. The van der Waals surface area contributed by atoms with E-state index in [2.05, 4.69) is 193 Å². The molecule has 0 amide bonds. The predicted octanol–water partition coefficient (Wildman–Crippen LogP) is 14.7. The number of benzene rings is 9. The molecule has 0 aliphatic heterocycles. The van der Waals surface area contributed by atoms with Crippen LogP contribution >= 0.6 is 0 Å². The van der Waals surface area contributed by atoms with Gasteiger partial charge in [-0.15, -0.1) is 0 Å². The minimum atomic E-state index is 0.621. The fraction of sp³-hybridized carbons (Fsp3) is 0. The van der Waals surface area contributed by atoms with E-state index in [0.717, 1.165) is 83.1 Å². The van der Waals surface area contributed by atoms with Crippen LogP contribution in [0.1, 0.15) is 0 Å². The number of pyridine rings is 1. The molecule has 0 spiro atoms. The van der Waals surface area contributed by atoms with Gasteiger partial charge in [0.2, 0.25) is 0 Å². The van der Waals surface area contributed by atoms with Gasteiger partial charge < -0.3 is 4.57 Å². The fourth-order valence-corrected chi connectivity index (χ4v) is 8.95. The van der Waals surface area contributed by atoms with Crippen LogP contribution in [-0.4, -0.2) is 24.5 Å². The minimum Gasteiger partial charge on any atom is -0.309 e. The second kappa shape index (κ2) is 15.2. The molecule has 5 nitrogen and oxygen atoms in total. The Bertz CT molecular complexity index is 3640. The zero-order valence-corrected chi connectivity index (χ0v) is 34.1. The van der Waals surface area contributed by atoms with Gasteiger partial charge >= 0.3 is 0 Å². The Kier molecular flexibility index (Phi) is 8.75. The molecule has 0 aliphatic rings. The molecule has 12 aromatic rings. The first kappa shape index (κ1) is 36.3. The molecule has 0 saturated heterocycles. The number of hydrogen-bond acceptors (Lipinski definition) is 4. The molecule has 3 heterocycles. The lowest BCUT2D eigenvalue weighted by Crippen LogP contribution is -2.00. The molecule has 0 bridgehead atoms. The van der Waals surface area contributed by atoms with Crippen molar-refractivity contribution in [3.8, 4) is 73.4 Å². The average molecular weight is 804 g/mol. The van der Waals surface area contributed by atoms with E-state index in [-0.39, 0.29) is 0 Å². The summed E-state index contributed by atoms with van der Waals surface area (Å²) in [5.74, 6) is 1.88. The lowest BCUT2D eigenvalue weighted by molar-refractivity contribution is 1.07. The number of aromatic nitrogens is 5. The summed E-state index contributed by atoms with van der Waals surface area (Å²) in [7, 11) is 0. The number of hydrogen-bond donors (Lipinski definition) is 0. The van der Waals surface area contributed by atoms with Crippen LogP contribution in [0.25, 0.3) is 117 Å². The number of fused-ring (bicyclic) bond motifs is 6. The molecule has 12 rings (SSSR count). The molecule has 0 unspecified atom stereocenters. The van der Waals surface area contributed by atoms with Gasteiger partial charge in [-0.1, -0.05) is 176 Å². The SMILES string of the molecule is c1ccc(-c2cccc(-c3nc(-c4ccccc4)nc(-c4ccc(-c5ccc6nc(-c7ccccc7)c7cc8c9ccccc9n(-c9ccccc9)c8cc7c6c5)cc4)n3)c2)cc1. The first-order valence-corrected chi connectivity index (χ1v) is 21.2. The van der Waals surface area contributed by atoms with E-state index in [1.807, 2.05) is 36.4 Å². The Morgan fingerprint density at radius 3 is 1.48 bits per heavy atom. The van der Waals surface area contributed by atoms with E-state index in [9.17, 15) is 0 Å². The second-order valence-corrected chi connectivity index (χ2v) is 15.9. The summed E-state index contributed by atoms with van der Waals surface area (Å²) < 4.78 is 2.39. The van der Waals surface area contributed by atoms with Crippen molar-refractivity contribution < 1.29 is 0 Å². The van der Waals surface area contributed by atoms with Gasteiger partial charge in [0, 0.05) is 49.5 Å². The van der Waals surface area contributed by atoms with Crippen LogP contribution in [0.4, 0.5) is 0 Å². The van der Waals surface area contributed by atoms with Gasteiger partial charge in [-0.05, 0) is 76.2 Å². The molecule has 0 saturated carbocycles. The van der Waals surface area contributed by atoms with Crippen LogP contribution in [0.3, 0.4) is 0 Å². The van der Waals surface area contributed by atoms with Crippen LogP contribution in [0.15, 0.2) is 224 Å². The average Bonchev–Trinajstić information content (AvgIpc) is 3.69. The summed E-state index contributed by atoms with van der Waals surface area (Å²) in [6.45, 7) is 0. The highest BCUT2D eigenvalue weighted by atomic mass is 15.0. The monoisotopic (exact) mass is 803 g/mol. The zero-order chi connectivity index (χ0) is 41.7. The highest BCUT2D eigenvalue weighted by molar-refractivity contribution is 6.20. The third kappa shape index (κ3) is 6.51. The molecule has 0 fully saturated rings. The summed E-state index contributed by atoms with van der Waals surface area (Å²) in [6, 6.07) is 78.7. The highest BCUT2D eigenvalue weighted by Crippen LogP contribution is 2.41. The van der Waals surface area contributed by atoms with Crippen molar-refractivity contribution in [3.05, 3.63) is 224 Å². The molecule has 5 heteroatoms. The van der Waals surface area contributed by atoms with Gasteiger partial charge in [0.15, 0.2) is 17.5 Å². The van der Waals surface area contributed by atoms with Crippen LogP contribution in [0, 0.1) is 0 Å². The van der Waals surface area contributed by atoms with Crippen molar-refractivity contribution in [2.75, 3.05) is 0 Å². The van der Waals surface area contributed by atoms with Gasteiger partial charge in [-0.25, -0.2) is 19.9 Å². The molecule has 0 N–H and O–H groups in total. The van der Waals surface area contributed by atoms with Crippen LogP contribution in [-0.2, 0) is 0 Å². The third-order valence-electron chi connectivity index (χ3n) is 12.0. The molecule has 0 aliphatic carbocycles. The second-order valence-electron chi connectivity index (χ2n) is 15.9. The van der Waals surface area contributed by atoms with Crippen LogP contribution in [0.5, 0.6) is 0 Å². The van der Waals surface area contributed by atoms with Crippen LogP contribution < -0.4 is 0 Å². The Balaban J connectivity index is 0.997. The van der Waals surface area contributed by atoms with E-state index in [1.165, 1.54) is 16.3 Å². The fourth-order valence-electron chi connectivity index (χ4n) is 8.95. The quantitative estimate of drug-likeness (QED) is 0.151. The molecule has 3 aromatic heterocycles. The Morgan fingerprint density at radius 1 is 0.254 bits per heavy atom. The van der Waals surface area contributed by atoms with E-state index >= 15 is 0 Å². The van der Waals surface area contributed by atoms with E-state index in [1.54, 1.807) is 0 Å². The minimum absolute atomic E-state index is 0.621. The number of para-hydroxylation sites is 2. The van der Waals surface area contributed by atoms with Crippen LogP contribution in [0.2, 0.25) is 0 Å². The van der Waals surface area contributed by atoms with Crippen molar-refractivity contribution in [3.63, 3.8) is 0 Å². The Labute approximate surface area is 364 Å². The van der Waals surface area contributed by atoms with Gasteiger partial charge in [-0.2, -0.15) is 0 Å². The van der Waals surface area contributed by atoms with Gasteiger partial charge in [0.1, 0.15) is 0 Å². The normalized spacial score (nSPS) is 11.5. The zero-order valence-electron chi connectivity index (χ0n) is 34.1. The lowest BCUT2D eigenvalue weighted by atomic mass is 9.95. The summed E-state index contributed by atoms with van der Waals surface area (Å²) in [5, 5.41) is 5.80. The molecular weight excluding hydrogens is 767 g/mol. The molecule has 0 radical (unpaired) electrons. The smallest absolute Gasteiger partial charge is 0.164 e. The summed E-state index contributed by atoms with van der Waals surface area (Å²) in [6.07, 6.45) is 0. The maximum Gasteiger partial charge on any atom is 0.164 e. The van der Waals surface area contributed by atoms with E-state index < -0.39 is 0 Å². The first-order chi connectivity index (χ1) is 31.2. The third-order valence-corrected chi connectivity index (χ3v) is 12.0. The van der Waals surface area contributed by atoms with Gasteiger partial charge in [-0.3, -0.25) is 0 Å². The van der Waals surface area contributed by atoms with Crippen molar-refractivity contribution in [1.29, 1.82) is 0 Å².